The third-order valence-electron chi connectivity index (χ3n) is 4.95. The smallest absolute Gasteiger partial charge is 0.280 e. The number of piperidine rings is 1. The van der Waals surface area contributed by atoms with Crippen molar-refractivity contribution in [2.75, 3.05) is 25.0 Å². The molecule has 1 aliphatic heterocycles. The number of thiophene rings is 1. The summed E-state index contributed by atoms with van der Waals surface area (Å²) in [5.41, 5.74) is 6.77. The second-order valence-corrected chi connectivity index (χ2v) is 8.78. The lowest BCUT2D eigenvalue weighted by molar-refractivity contribution is -0.897. The molecule has 4 rings (SSSR count). The van der Waals surface area contributed by atoms with E-state index >= 15 is 0 Å². The van der Waals surface area contributed by atoms with Crippen LogP contribution in [0.15, 0.2) is 35.7 Å². The molecule has 3 aromatic rings. The van der Waals surface area contributed by atoms with Gasteiger partial charge in [-0.25, -0.2) is 4.98 Å². The number of primary amides is 1. The van der Waals surface area contributed by atoms with Gasteiger partial charge in [0.2, 0.25) is 0 Å². The first-order chi connectivity index (χ1) is 13.1. The van der Waals surface area contributed by atoms with Crippen LogP contribution in [0.1, 0.15) is 34.1 Å². The molecule has 1 saturated heterocycles. The van der Waals surface area contributed by atoms with Crippen LogP contribution in [0.2, 0.25) is 0 Å². The molecule has 1 aromatic carbocycles. The highest BCUT2D eigenvalue weighted by Crippen LogP contribution is 2.31. The number of carbonyl (C=O) groups excluding carboxylic acids is 2. The Labute approximate surface area is 165 Å². The number of nitrogens with two attached hydrogens (primary N) is 1. The van der Waals surface area contributed by atoms with E-state index in [1.54, 1.807) is 22.8 Å². The topological polar surface area (TPSA) is 89.5 Å². The van der Waals surface area contributed by atoms with Crippen molar-refractivity contribution in [3.05, 3.63) is 46.3 Å². The highest BCUT2D eigenvalue weighted by Gasteiger charge is 2.27. The molecule has 2 aromatic heterocycles. The lowest BCUT2D eigenvalue weighted by atomic mass is 9.97. The Bertz CT molecular complexity index is 940. The Morgan fingerprint density at radius 1 is 1.22 bits per heavy atom. The van der Waals surface area contributed by atoms with E-state index in [9.17, 15) is 9.59 Å². The van der Waals surface area contributed by atoms with Crippen molar-refractivity contribution in [3.63, 3.8) is 0 Å². The highest BCUT2D eigenvalue weighted by atomic mass is 32.1. The average Bonchev–Trinajstić information content (AvgIpc) is 3.28. The standard InChI is InChI=1S/C19H20N4O2S2/c20-17(25)13-7-10-26-19(13)22-16(24)11-23-8-5-12(6-9-23)18-21-14-3-1-2-4-15(14)27-18/h1-4,7,10,12H,5-6,8-9,11H2,(H2,20,25)(H,22,24)/p+1. The number of quaternary nitrogens is 1. The molecule has 0 atom stereocenters. The number of nitrogens with one attached hydrogen (secondary N) is 2. The molecule has 3 heterocycles. The largest absolute Gasteiger partial charge is 0.366 e. The molecule has 2 amide bonds. The van der Waals surface area contributed by atoms with Gasteiger partial charge in [-0.15, -0.1) is 22.7 Å². The number of nitrogens with zero attached hydrogens (tertiary/aromatic N) is 1. The van der Waals surface area contributed by atoms with Crippen molar-refractivity contribution in [1.29, 1.82) is 0 Å². The van der Waals surface area contributed by atoms with E-state index < -0.39 is 5.91 Å². The van der Waals surface area contributed by atoms with Crippen LogP contribution in [-0.2, 0) is 4.79 Å². The van der Waals surface area contributed by atoms with E-state index in [4.69, 9.17) is 10.7 Å². The molecule has 1 fully saturated rings. The fourth-order valence-corrected chi connectivity index (χ4v) is 5.46. The molecule has 0 aliphatic carbocycles. The summed E-state index contributed by atoms with van der Waals surface area (Å²) in [4.78, 5) is 29.7. The fourth-order valence-electron chi connectivity index (χ4n) is 3.51. The number of thiazole rings is 1. The van der Waals surface area contributed by atoms with Gasteiger partial charge in [0.15, 0.2) is 6.54 Å². The van der Waals surface area contributed by atoms with Crippen molar-refractivity contribution in [3.8, 4) is 0 Å². The maximum atomic E-state index is 12.3. The second-order valence-electron chi connectivity index (χ2n) is 6.80. The number of aromatic nitrogens is 1. The predicted octanol–water partition coefficient (Wildman–Crippen LogP) is 1.86. The van der Waals surface area contributed by atoms with Crippen molar-refractivity contribution >= 4 is 49.7 Å². The van der Waals surface area contributed by atoms with E-state index in [1.807, 2.05) is 12.1 Å². The lowest BCUT2D eigenvalue weighted by Crippen LogP contribution is -3.14. The van der Waals surface area contributed by atoms with Crippen LogP contribution in [0.4, 0.5) is 5.00 Å². The van der Waals surface area contributed by atoms with Crippen molar-refractivity contribution in [1.82, 2.24) is 4.98 Å². The fraction of sp³-hybridized carbons (Fsp3) is 0.316. The zero-order valence-electron chi connectivity index (χ0n) is 14.7. The molecule has 1 aliphatic rings. The van der Waals surface area contributed by atoms with Gasteiger partial charge in [-0.3, -0.25) is 9.59 Å². The van der Waals surface area contributed by atoms with Crippen LogP contribution in [-0.4, -0.2) is 36.4 Å². The van der Waals surface area contributed by atoms with Crippen LogP contribution in [0.3, 0.4) is 0 Å². The quantitative estimate of drug-likeness (QED) is 0.610. The molecule has 140 valence electrons. The summed E-state index contributed by atoms with van der Waals surface area (Å²) in [5, 5.41) is 6.33. The maximum Gasteiger partial charge on any atom is 0.280 e. The van der Waals surface area contributed by atoms with E-state index in [-0.39, 0.29) is 5.91 Å². The Hall–Kier alpha value is -2.29. The van der Waals surface area contributed by atoms with E-state index in [0.717, 1.165) is 31.4 Å². The number of hydrogen-bond acceptors (Lipinski definition) is 5. The third kappa shape index (κ3) is 4.02. The van der Waals surface area contributed by atoms with Crippen LogP contribution in [0.5, 0.6) is 0 Å². The monoisotopic (exact) mass is 401 g/mol. The summed E-state index contributed by atoms with van der Waals surface area (Å²) < 4.78 is 1.24. The SMILES string of the molecule is NC(=O)c1ccsc1NC(=O)C[NH+]1CCC(c2nc3ccccc3s2)CC1. The number of benzene rings is 1. The second kappa shape index (κ2) is 7.75. The molecule has 27 heavy (non-hydrogen) atoms. The summed E-state index contributed by atoms with van der Waals surface area (Å²) in [6.45, 7) is 2.30. The van der Waals surface area contributed by atoms with E-state index in [1.165, 1.54) is 25.9 Å². The zero-order chi connectivity index (χ0) is 18.8. The zero-order valence-corrected chi connectivity index (χ0v) is 16.4. The van der Waals surface area contributed by atoms with Gasteiger partial charge in [0.05, 0.1) is 33.9 Å². The minimum absolute atomic E-state index is 0.0756. The summed E-state index contributed by atoms with van der Waals surface area (Å²) in [7, 11) is 0. The number of para-hydroxylation sites is 1. The average molecular weight is 402 g/mol. The van der Waals surface area contributed by atoms with Crippen LogP contribution in [0.25, 0.3) is 10.2 Å². The third-order valence-corrected chi connectivity index (χ3v) is 6.98. The molecule has 0 saturated carbocycles. The molecule has 0 unspecified atom stereocenters. The van der Waals surface area contributed by atoms with Gasteiger partial charge in [-0.1, -0.05) is 12.1 Å². The van der Waals surface area contributed by atoms with E-state index in [0.29, 0.717) is 23.0 Å². The molecule has 4 N–H and O–H groups in total. The Morgan fingerprint density at radius 3 is 2.74 bits per heavy atom. The van der Waals surface area contributed by atoms with Crippen LogP contribution >= 0.6 is 22.7 Å². The summed E-state index contributed by atoms with van der Waals surface area (Å²) in [5.74, 6) is -0.114. The molecular formula is C19H21N4O2S2+. The van der Waals surface area contributed by atoms with E-state index in [2.05, 4.69) is 17.4 Å². The first kappa shape index (κ1) is 18.1. The van der Waals surface area contributed by atoms with Crippen LogP contribution < -0.4 is 16.0 Å². The normalized spacial score (nSPS) is 19.9. The Morgan fingerprint density at radius 2 is 2.00 bits per heavy atom. The van der Waals surface area contributed by atoms with Gasteiger partial charge >= 0.3 is 0 Å². The number of fused-ring (bicyclic) bond motifs is 1. The van der Waals surface area contributed by atoms with Gasteiger partial charge in [0, 0.05) is 18.8 Å². The highest BCUT2D eigenvalue weighted by molar-refractivity contribution is 7.18. The lowest BCUT2D eigenvalue weighted by Gasteiger charge is -2.27. The maximum absolute atomic E-state index is 12.3. The minimum atomic E-state index is -0.518. The first-order valence-electron chi connectivity index (χ1n) is 8.96. The number of likely N-dealkylation sites (tertiary alicyclic amines) is 1. The Balaban J connectivity index is 1.32. The number of anilines is 1. The first-order valence-corrected chi connectivity index (χ1v) is 10.7. The number of rotatable bonds is 5. The summed E-state index contributed by atoms with van der Waals surface area (Å²) >= 11 is 3.10. The number of amides is 2. The number of hydrogen-bond donors (Lipinski definition) is 3. The molecular weight excluding hydrogens is 380 g/mol. The molecule has 0 bridgehead atoms. The minimum Gasteiger partial charge on any atom is -0.366 e. The summed E-state index contributed by atoms with van der Waals surface area (Å²) in [6, 6.07) is 9.89. The van der Waals surface area contributed by atoms with Crippen LogP contribution in [0, 0.1) is 0 Å². The molecule has 8 heteroatoms. The van der Waals surface area contributed by atoms with Gasteiger partial charge < -0.3 is 16.0 Å². The molecule has 0 spiro atoms. The molecule has 6 nitrogen and oxygen atoms in total. The number of carbonyl (C=O) groups is 2. The predicted molar refractivity (Wildman–Crippen MR) is 109 cm³/mol. The van der Waals surface area contributed by atoms with Crippen molar-refractivity contribution < 1.29 is 14.5 Å². The Kier molecular flexibility index (Phi) is 5.20. The van der Waals surface area contributed by atoms with Gasteiger partial charge in [-0.05, 0) is 23.6 Å². The van der Waals surface area contributed by atoms with Gasteiger partial charge in [-0.2, -0.15) is 0 Å². The summed E-state index contributed by atoms with van der Waals surface area (Å²) in [6.07, 6.45) is 2.07. The van der Waals surface area contributed by atoms with Crippen molar-refractivity contribution in [2.45, 2.75) is 18.8 Å². The van der Waals surface area contributed by atoms with Gasteiger partial charge in [0.25, 0.3) is 11.8 Å². The molecule has 0 radical (unpaired) electrons. The van der Waals surface area contributed by atoms with Crippen molar-refractivity contribution in [2.24, 2.45) is 5.73 Å². The van der Waals surface area contributed by atoms with Gasteiger partial charge in [0.1, 0.15) is 5.00 Å².